The molecule has 0 aliphatic carbocycles. The first-order chi connectivity index (χ1) is 15.5. The molecule has 0 saturated carbocycles. The molecule has 1 aromatic heterocycles. The number of para-hydroxylation sites is 1. The number of piperazine rings is 1. The summed E-state index contributed by atoms with van der Waals surface area (Å²) < 4.78 is 0. The molecule has 6 nitrogen and oxygen atoms in total. The summed E-state index contributed by atoms with van der Waals surface area (Å²) in [6, 6.07) is 14.6. The molecule has 3 aromatic rings. The highest BCUT2D eigenvalue weighted by Crippen LogP contribution is 2.30. The highest BCUT2D eigenvalue weighted by molar-refractivity contribution is 7.08. The van der Waals surface area contributed by atoms with Crippen LogP contribution in [0.4, 0.5) is 21.9 Å². The van der Waals surface area contributed by atoms with Gasteiger partial charge in [0.25, 0.3) is 0 Å². The van der Waals surface area contributed by atoms with Crippen molar-refractivity contribution < 1.29 is 9.59 Å². The fourth-order valence-corrected chi connectivity index (χ4v) is 4.67. The first kappa shape index (κ1) is 22.5. The fourth-order valence-electron chi connectivity index (χ4n) is 3.51. The Hall–Kier alpha value is -2.74. The lowest BCUT2D eigenvalue weighted by Crippen LogP contribution is -2.50. The lowest BCUT2D eigenvalue weighted by molar-refractivity contribution is -0.115. The number of amides is 3. The number of halogens is 2. The predicted octanol–water partition coefficient (Wildman–Crippen LogP) is 5.59. The summed E-state index contributed by atoms with van der Waals surface area (Å²) in [5.41, 5.74) is 3.27. The second-order valence-electron chi connectivity index (χ2n) is 7.40. The van der Waals surface area contributed by atoms with Gasteiger partial charge in [-0.2, -0.15) is 11.3 Å². The van der Waals surface area contributed by atoms with E-state index in [-0.39, 0.29) is 11.9 Å². The first-order valence-electron chi connectivity index (χ1n) is 10.2. The predicted molar refractivity (Wildman–Crippen MR) is 132 cm³/mol. The molecule has 0 spiro atoms. The van der Waals surface area contributed by atoms with Gasteiger partial charge in [0.1, 0.15) is 0 Å². The van der Waals surface area contributed by atoms with E-state index in [2.05, 4.69) is 15.5 Å². The number of nitrogens with one attached hydrogen (secondary N) is 2. The second kappa shape index (κ2) is 10.3. The number of carbonyl (C=O) groups excluding carboxylic acids is 2. The zero-order valence-electron chi connectivity index (χ0n) is 17.2. The van der Waals surface area contributed by atoms with Crippen molar-refractivity contribution in [2.24, 2.45) is 0 Å². The number of rotatable bonds is 5. The van der Waals surface area contributed by atoms with Crippen LogP contribution in [0.25, 0.3) is 0 Å². The van der Waals surface area contributed by atoms with Crippen molar-refractivity contribution in [1.29, 1.82) is 0 Å². The van der Waals surface area contributed by atoms with Gasteiger partial charge in [-0.15, -0.1) is 0 Å². The smallest absolute Gasteiger partial charge is 0.322 e. The Morgan fingerprint density at radius 2 is 1.59 bits per heavy atom. The summed E-state index contributed by atoms with van der Waals surface area (Å²) in [5.74, 6) is -0.0330. The van der Waals surface area contributed by atoms with Gasteiger partial charge in [-0.05, 0) is 58.8 Å². The minimum atomic E-state index is -0.219. The van der Waals surface area contributed by atoms with E-state index in [0.29, 0.717) is 48.3 Å². The van der Waals surface area contributed by atoms with E-state index in [4.69, 9.17) is 23.2 Å². The van der Waals surface area contributed by atoms with Crippen molar-refractivity contribution in [1.82, 2.24) is 4.90 Å². The summed E-state index contributed by atoms with van der Waals surface area (Å²) in [6.07, 6.45) is 0.370. The molecule has 2 aromatic carbocycles. The first-order valence-corrected chi connectivity index (χ1v) is 11.9. The SMILES string of the molecule is O=C(Cc1ccsc1)Nc1ccc(N2CCN(C(=O)Nc3c(Cl)cccc3Cl)CC2)cc1. The van der Waals surface area contributed by atoms with E-state index in [1.54, 1.807) is 34.4 Å². The van der Waals surface area contributed by atoms with Crippen molar-refractivity contribution >= 4 is 63.5 Å². The van der Waals surface area contributed by atoms with E-state index >= 15 is 0 Å². The molecule has 1 saturated heterocycles. The Morgan fingerprint density at radius 1 is 0.906 bits per heavy atom. The molecule has 1 fully saturated rings. The lowest BCUT2D eigenvalue weighted by Gasteiger charge is -2.36. The molecule has 4 rings (SSSR count). The van der Waals surface area contributed by atoms with E-state index in [1.807, 2.05) is 41.1 Å². The fraction of sp³-hybridized carbons (Fsp3) is 0.217. The zero-order chi connectivity index (χ0) is 22.5. The van der Waals surface area contributed by atoms with Crippen LogP contribution >= 0.6 is 34.5 Å². The van der Waals surface area contributed by atoms with Gasteiger partial charge in [0.15, 0.2) is 0 Å². The minimum absolute atomic E-state index is 0.0330. The maximum Gasteiger partial charge on any atom is 0.322 e. The van der Waals surface area contributed by atoms with Gasteiger partial charge in [0, 0.05) is 37.6 Å². The maximum atomic E-state index is 12.6. The van der Waals surface area contributed by atoms with Crippen LogP contribution in [-0.2, 0) is 11.2 Å². The summed E-state index contributed by atoms with van der Waals surface area (Å²) in [4.78, 5) is 28.7. The number of hydrogen-bond acceptors (Lipinski definition) is 4. The van der Waals surface area contributed by atoms with E-state index in [9.17, 15) is 9.59 Å². The third-order valence-corrected chi connectivity index (χ3v) is 6.58. The number of nitrogens with zero attached hydrogens (tertiary/aromatic N) is 2. The quantitative estimate of drug-likeness (QED) is 0.491. The number of thiophene rings is 1. The summed E-state index contributed by atoms with van der Waals surface area (Å²) >= 11 is 13.9. The second-order valence-corrected chi connectivity index (χ2v) is 9.00. The van der Waals surface area contributed by atoms with Crippen LogP contribution in [0.3, 0.4) is 0 Å². The van der Waals surface area contributed by atoms with Crippen molar-refractivity contribution in [2.45, 2.75) is 6.42 Å². The molecular formula is C23H22Cl2N4O2S. The molecule has 1 aliphatic heterocycles. The molecule has 0 radical (unpaired) electrons. The normalized spacial score (nSPS) is 13.7. The topological polar surface area (TPSA) is 64.7 Å². The lowest BCUT2D eigenvalue weighted by atomic mass is 10.2. The van der Waals surface area contributed by atoms with Gasteiger partial charge in [-0.3, -0.25) is 4.79 Å². The monoisotopic (exact) mass is 488 g/mol. The van der Waals surface area contributed by atoms with Crippen molar-refractivity contribution in [3.05, 3.63) is 74.9 Å². The number of carbonyl (C=O) groups is 2. The summed E-state index contributed by atoms with van der Waals surface area (Å²) in [6.45, 7) is 2.56. The Kier molecular flexibility index (Phi) is 7.19. The van der Waals surface area contributed by atoms with Crippen LogP contribution in [0.5, 0.6) is 0 Å². The largest absolute Gasteiger partial charge is 0.368 e. The number of anilines is 3. The van der Waals surface area contributed by atoms with Crippen LogP contribution in [-0.4, -0.2) is 43.0 Å². The molecule has 2 heterocycles. The molecule has 0 bridgehead atoms. The molecule has 166 valence electrons. The van der Waals surface area contributed by atoms with E-state index in [0.717, 1.165) is 16.9 Å². The number of urea groups is 1. The molecule has 3 amide bonds. The highest BCUT2D eigenvalue weighted by Gasteiger charge is 2.22. The summed E-state index contributed by atoms with van der Waals surface area (Å²) in [5, 5.41) is 10.5. The van der Waals surface area contributed by atoms with Crippen LogP contribution in [0.1, 0.15) is 5.56 Å². The third-order valence-electron chi connectivity index (χ3n) is 5.22. The van der Waals surface area contributed by atoms with Gasteiger partial charge in [0.2, 0.25) is 5.91 Å². The molecule has 2 N–H and O–H groups in total. The molecule has 9 heteroatoms. The highest BCUT2D eigenvalue weighted by atomic mass is 35.5. The third kappa shape index (κ3) is 5.54. The van der Waals surface area contributed by atoms with Crippen LogP contribution in [0.2, 0.25) is 10.0 Å². The molecular weight excluding hydrogens is 467 g/mol. The Morgan fingerprint density at radius 3 is 2.22 bits per heavy atom. The number of benzene rings is 2. The van der Waals surface area contributed by atoms with Crippen molar-refractivity contribution in [3.63, 3.8) is 0 Å². The standard InChI is InChI=1S/C23H22Cl2N4O2S/c24-19-2-1-3-20(25)22(19)27-23(31)29-11-9-28(10-12-29)18-6-4-17(5-7-18)26-21(30)14-16-8-13-32-15-16/h1-8,13,15H,9-12,14H2,(H,26,30)(H,27,31). The average Bonchev–Trinajstić information content (AvgIpc) is 3.30. The average molecular weight is 489 g/mol. The van der Waals surface area contributed by atoms with Crippen molar-refractivity contribution in [3.8, 4) is 0 Å². The Labute approximate surface area is 200 Å². The molecule has 32 heavy (non-hydrogen) atoms. The Balaban J connectivity index is 1.28. The van der Waals surface area contributed by atoms with Gasteiger partial charge < -0.3 is 20.4 Å². The minimum Gasteiger partial charge on any atom is -0.368 e. The van der Waals surface area contributed by atoms with Gasteiger partial charge >= 0.3 is 6.03 Å². The van der Waals surface area contributed by atoms with E-state index < -0.39 is 0 Å². The molecule has 0 unspecified atom stereocenters. The van der Waals surface area contributed by atoms with Gasteiger partial charge in [-0.1, -0.05) is 29.3 Å². The maximum absolute atomic E-state index is 12.6. The molecule has 1 aliphatic rings. The van der Waals surface area contributed by atoms with Crippen LogP contribution in [0, 0.1) is 0 Å². The van der Waals surface area contributed by atoms with Crippen LogP contribution < -0.4 is 15.5 Å². The number of hydrogen-bond donors (Lipinski definition) is 2. The van der Waals surface area contributed by atoms with Crippen molar-refractivity contribution in [2.75, 3.05) is 41.7 Å². The molecule has 0 atom stereocenters. The van der Waals surface area contributed by atoms with Crippen LogP contribution in [0.15, 0.2) is 59.3 Å². The van der Waals surface area contributed by atoms with Gasteiger partial charge in [-0.25, -0.2) is 4.79 Å². The van der Waals surface area contributed by atoms with Gasteiger partial charge in [0.05, 0.1) is 22.2 Å². The zero-order valence-corrected chi connectivity index (χ0v) is 19.5. The Bertz CT molecular complexity index is 1060. The summed E-state index contributed by atoms with van der Waals surface area (Å²) in [7, 11) is 0. The van der Waals surface area contributed by atoms with E-state index in [1.165, 1.54) is 0 Å².